The molecule has 0 unspecified atom stereocenters. The number of anilines is 1. The van der Waals surface area contributed by atoms with Crippen LogP contribution in [0.3, 0.4) is 0 Å². The van der Waals surface area contributed by atoms with E-state index in [2.05, 4.69) is 22.4 Å². The predicted octanol–water partition coefficient (Wildman–Crippen LogP) is 6.30. The van der Waals surface area contributed by atoms with Crippen LogP contribution in [0.25, 0.3) is 11.5 Å². The second-order valence-corrected chi connectivity index (χ2v) is 11.8. The monoisotopic (exact) mass is 577 g/mol. The molecule has 0 fully saturated rings. The summed E-state index contributed by atoms with van der Waals surface area (Å²) in [6.07, 6.45) is 2.66. The minimum absolute atomic E-state index is 0.168. The molecule has 1 aliphatic carbocycles. The van der Waals surface area contributed by atoms with Crippen molar-refractivity contribution in [3.8, 4) is 23.0 Å². The number of nitrogens with one attached hydrogen (secondary N) is 1. The van der Waals surface area contributed by atoms with E-state index in [1.807, 2.05) is 36.4 Å². The van der Waals surface area contributed by atoms with Gasteiger partial charge in [-0.25, -0.2) is 4.79 Å². The van der Waals surface area contributed by atoms with Crippen LogP contribution in [0.15, 0.2) is 58.2 Å². The summed E-state index contributed by atoms with van der Waals surface area (Å²) in [6, 6.07) is 14.8. The first-order valence-corrected chi connectivity index (χ1v) is 14.8. The van der Waals surface area contributed by atoms with Crippen LogP contribution >= 0.6 is 23.1 Å². The molecule has 1 N–H and O–H groups in total. The Balaban J connectivity index is 1.28. The van der Waals surface area contributed by atoms with Gasteiger partial charge in [-0.05, 0) is 73.2 Å². The molecule has 9 nitrogen and oxygen atoms in total. The summed E-state index contributed by atoms with van der Waals surface area (Å²) in [5.41, 5.74) is 2.91. The van der Waals surface area contributed by atoms with Crippen LogP contribution in [0.2, 0.25) is 0 Å². The van der Waals surface area contributed by atoms with Gasteiger partial charge in [-0.1, -0.05) is 37.3 Å². The van der Waals surface area contributed by atoms with Crippen LogP contribution in [0.1, 0.15) is 51.9 Å². The number of hydrogen-bond acceptors (Lipinski definition) is 10. The first-order valence-electron chi connectivity index (χ1n) is 13.1. The highest BCUT2D eigenvalue weighted by Crippen LogP contribution is 2.43. The Labute approximate surface area is 239 Å². The molecule has 2 aliphatic rings. The van der Waals surface area contributed by atoms with Gasteiger partial charge in [-0.15, -0.1) is 21.5 Å². The first kappa shape index (κ1) is 26.4. The molecule has 6 rings (SSSR count). The highest BCUT2D eigenvalue weighted by molar-refractivity contribution is 8.00. The van der Waals surface area contributed by atoms with Crippen LogP contribution in [0.4, 0.5) is 5.00 Å². The fourth-order valence-electron chi connectivity index (χ4n) is 4.84. The van der Waals surface area contributed by atoms with Crippen LogP contribution in [-0.2, 0) is 22.4 Å². The lowest BCUT2D eigenvalue weighted by molar-refractivity contribution is -0.115. The Morgan fingerprint density at radius 1 is 1.15 bits per heavy atom. The third kappa shape index (κ3) is 5.31. The molecule has 2 aromatic carbocycles. The van der Waals surface area contributed by atoms with Gasteiger partial charge in [0, 0.05) is 10.4 Å². The topological polar surface area (TPSA) is 113 Å². The maximum atomic E-state index is 13.8. The second kappa shape index (κ2) is 11.3. The molecule has 4 aromatic rings. The van der Waals surface area contributed by atoms with Crippen molar-refractivity contribution in [2.45, 2.75) is 43.6 Å². The number of nitrogens with zero attached hydrogens (tertiary/aromatic N) is 2. The number of esters is 1. The van der Waals surface area contributed by atoms with Gasteiger partial charge >= 0.3 is 5.97 Å². The molecule has 11 heteroatoms. The van der Waals surface area contributed by atoms with Crippen molar-refractivity contribution in [3.05, 3.63) is 70.1 Å². The molecule has 206 valence electrons. The van der Waals surface area contributed by atoms with E-state index in [0.29, 0.717) is 39.4 Å². The van der Waals surface area contributed by atoms with Crippen LogP contribution in [-0.4, -0.2) is 35.5 Å². The Morgan fingerprint density at radius 3 is 2.80 bits per heavy atom. The molecule has 0 saturated heterocycles. The smallest absolute Gasteiger partial charge is 0.341 e. The van der Waals surface area contributed by atoms with Crippen LogP contribution < -0.4 is 14.8 Å². The van der Waals surface area contributed by atoms with Gasteiger partial charge in [0.15, 0.2) is 11.5 Å². The number of ether oxygens (including phenoxy) is 3. The lowest BCUT2D eigenvalue weighted by Gasteiger charge is -2.18. The maximum absolute atomic E-state index is 13.8. The number of thiophene rings is 1. The van der Waals surface area contributed by atoms with E-state index in [4.69, 9.17) is 18.6 Å². The number of thioether (sulfide) groups is 1. The lowest BCUT2D eigenvalue weighted by Crippen LogP contribution is -2.20. The summed E-state index contributed by atoms with van der Waals surface area (Å²) >= 11 is 2.61. The molecule has 2 atom stereocenters. The normalized spacial score (nSPS) is 16.3. The summed E-state index contributed by atoms with van der Waals surface area (Å²) in [6.45, 7) is 4.41. The van der Waals surface area contributed by atoms with E-state index in [1.54, 1.807) is 19.1 Å². The van der Waals surface area contributed by atoms with Gasteiger partial charge in [-0.3, -0.25) is 4.79 Å². The molecular formula is C29H27N3O6S2. The summed E-state index contributed by atoms with van der Waals surface area (Å²) in [4.78, 5) is 27.9. The van der Waals surface area contributed by atoms with E-state index < -0.39 is 11.2 Å². The quantitative estimate of drug-likeness (QED) is 0.190. The molecule has 0 saturated carbocycles. The van der Waals surface area contributed by atoms with E-state index in [9.17, 15) is 9.59 Å². The summed E-state index contributed by atoms with van der Waals surface area (Å²) in [7, 11) is 0. The van der Waals surface area contributed by atoms with Crippen LogP contribution in [0, 0.1) is 5.92 Å². The van der Waals surface area contributed by atoms with Crippen molar-refractivity contribution in [2.75, 3.05) is 18.7 Å². The van der Waals surface area contributed by atoms with Gasteiger partial charge in [-0.2, -0.15) is 0 Å². The van der Waals surface area contributed by atoms with E-state index >= 15 is 0 Å². The number of amides is 1. The largest absolute Gasteiger partial charge is 0.462 e. The van der Waals surface area contributed by atoms with Gasteiger partial charge < -0.3 is 23.9 Å². The van der Waals surface area contributed by atoms with Gasteiger partial charge in [0.05, 0.1) is 12.2 Å². The molecule has 40 heavy (non-hydrogen) atoms. The average Bonchev–Trinajstić information content (AvgIpc) is 3.70. The third-order valence-electron chi connectivity index (χ3n) is 6.81. The fraction of sp³-hybridized carbons (Fsp3) is 0.310. The third-order valence-corrected chi connectivity index (χ3v) is 9.07. The Morgan fingerprint density at radius 2 is 1.98 bits per heavy atom. The Hall–Kier alpha value is -3.83. The molecular weight excluding hydrogens is 550 g/mol. The molecule has 0 spiro atoms. The number of carbonyl (C=O) groups excluding carboxylic acids is 2. The van der Waals surface area contributed by atoms with Crippen molar-refractivity contribution < 1.29 is 28.2 Å². The number of rotatable bonds is 8. The van der Waals surface area contributed by atoms with Crippen molar-refractivity contribution in [2.24, 2.45) is 5.92 Å². The highest BCUT2D eigenvalue weighted by Gasteiger charge is 2.32. The molecule has 0 bridgehead atoms. The number of fused-ring (bicyclic) bond motifs is 2. The van der Waals surface area contributed by atoms with Gasteiger partial charge in [0.25, 0.3) is 5.22 Å². The molecule has 1 amide bonds. The summed E-state index contributed by atoms with van der Waals surface area (Å²) in [5, 5.41) is 11.5. The van der Waals surface area contributed by atoms with Gasteiger partial charge in [0.2, 0.25) is 18.6 Å². The maximum Gasteiger partial charge on any atom is 0.341 e. The molecule has 2 aromatic heterocycles. The lowest BCUT2D eigenvalue weighted by atomic mass is 9.88. The molecule has 0 radical (unpaired) electrons. The minimum atomic E-state index is -0.709. The van der Waals surface area contributed by atoms with Crippen molar-refractivity contribution in [3.63, 3.8) is 0 Å². The predicted molar refractivity (Wildman–Crippen MR) is 151 cm³/mol. The summed E-state index contributed by atoms with van der Waals surface area (Å²) < 4.78 is 22.2. The SMILES string of the molecule is CCOC(=O)c1c(NC(=O)[C@@H](Sc2nnc(-c3ccc4c(c3)OCO4)o2)c2ccccc2)sc2c1CC[C@@H](C)C2. The van der Waals surface area contributed by atoms with E-state index in [0.717, 1.165) is 47.0 Å². The van der Waals surface area contributed by atoms with Crippen molar-refractivity contribution >= 4 is 40.0 Å². The zero-order valence-electron chi connectivity index (χ0n) is 22.0. The zero-order chi connectivity index (χ0) is 27.6. The average molecular weight is 578 g/mol. The number of carbonyl (C=O) groups is 2. The highest BCUT2D eigenvalue weighted by atomic mass is 32.2. The molecule has 1 aliphatic heterocycles. The number of benzene rings is 2. The second-order valence-electron chi connectivity index (χ2n) is 9.62. The Kier molecular flexibility index (Phi) is 7.48. The standard InChI is InChI=1S/C29H27N3O6S2/c1-3-35-28(34)23-19-11-9-16(2)13-22(19)39-27(23)30-25(33)24(17-7-5-4-6-8-17)40-29-32-31-26(38-29)18-10-12-20-21(14-18)37-15-36-20/h4-8,10,12,14,16,24H,3,9,11,13,15H2,1-2H3,(H,30,33)/t16-,24+/m1/s1. The summed E-state index contributed by atoms with van der Waals surface area (Å²) in [5.74, 6) is 1.39. The fourth-order valence-corrected chi connectivity index (χ4v) is 7.12. The van der Waals surface area contributed by atoms with Crippen LogP contribution in [0.5, 0.6) is 11.5 Å². The zero-order valence-corrected chi connectivity index (χ0v) is 23.6. The van der Waals surface area contributed by atoms with E-state index in [1.165, 1.54) is 11.3 Å². The number of aromatic nitrogens is 2. The van der Waals surface area contributed by atoms with E-state index in [-0.39, 0.29) is 24.5 Å². The minimum Gasteiger partial charge on any atom is -0.462 e. The number of hydrogen-bond donors (Lipinski definition) is 1. The molecule has 3 heterocycles. The van der Waals surface area contributed by atoms with Crippen molar-refractivity contribution in [1.29, 1.82) is 0 Å². The Bertz CT molecular complexity index is 1550. The van der Waals surface area contributed by atoms with Crippen molar-refractivity contribution in [1.82, 2.24) is 10.2 Å². The van der Waals surface area contributed by atoms with Gasteiger partial charge in [0.1, 0.15) is 10.3 Å². The first-order chi connectivity index (χ1) is 19.5.